The molecule has 18 heavy (non-hydrogen) atoms. The summed E-state index contributed by atoms with van der Waals surface area (Å²) in [5.41, 5.74) is 1.07. The maximum atomic E-state index is 9.92. The van der Waals surface area contributed by atoms with Crippen molar-refractivity contribution in [3.05, 3.63) is 47.0 Å². The average molecular weight is 267 g/mol. The molecule has 0 bridgehead atoms. The fourth-order valence-corrected chi connectivity index (χ4v) is 2.51. The van der Waals surface area contributed by atoms with E-state index in [-0.39, 0.29) is 6.10 Å². The van der Waals surface area contributed by atoms with Gasteiger partial charge in [0.15, 0.2) is 0 Å². The van der Waals surface area contributed by atoms with E-state index in [2.05, 4.69) is 0 Å². The van der Waals surface area contributed by atoms with Gasteiger partial charge in [-0.05, 0) is 42.9 Å². The largest absolute Gasteiger partial charge is 0.393 e. The quantitative estimate of drug-likeness (QED) is 0.823. The highest BCUT2D eigenvalue weighted by atomic mass is 35.5. The standard InChI is InChI=1S/C15H19ClO2/c16-13-5-1-11(2-6-13)9-14(17)7-3-12-4-8-15(18)10-12/h1-3,5-7,12,14-15,17-18H,4,8-10H2/b7-3+/t12-,14+,15-/m0/s1. The third kappa shape index (κ3) is 4.13. The zero-order valence-electron chi connectivity index (χ0n) is 10.3. The van der Waals surface area contributed by atoms with E-state index in [9.17, 15) is 10.2 Å². The summed E-state index contributed by atoms with van der Waals surface area (Å²) >= 11 is 5.81. The number of rotatable bonds is 4. The van der Waals surface area contributed by atoms with Crippen LogP contribution in [0, 0.1) is 5.92 Å². The van der Waals surface area contributed by atoms with Crippen molar-refractivity contribution >= 4 is 11.6 Å². The first-order valence-corrected chi connectivity index (χ1v) is 6.80. The molecule has 0 radical (unpaired) electrons. The van der Waals surface area contributed by atoms with Gasteiger partial charge in [-0.1, -0.05) is 35.9 Å². The van der Waals surface area contributed by atoms with E-state index in [0.717, 1.165) is 24.8 Å². The molecule has 98 valence electrons. The Balaban J connectivity index is 1.83. The normalized spacial score (nSPS) is 25.7. The van der Waals surface area contributed by atoms with E-state index >= 15 is 0 Å². The number of halogens is 1. The summed E-state index contributed by atoms with van der Waals surface area (Å²) in [5, 5.41) is 20.0. The van der Waals surface area contributed by atoms with E-state index in [4.69, 9.17) is 11.6 Å². The van der Waals surface area contributed by atoms with Crippen molar-refractivity contribution in [1.82, 2.24) is 0 Å². The van der Waals surface area contributed by atoms with Crippen LogP contribution >= 0.6 is 11.6 Å². The Morgan fingerprint density at radius 3 is 2.61 bits per heavy atom. The van der Waals surface area contributed by atoms with Gasteiger partial charge >= 0.3 is 0 Å². The lowest BCUT2D eigenvalue weighted by Gasteiger charge is -2.07. The minimum atomic E-state index is -0.469. The van der Waals surface area contributed by atoms with Crippen LogP contribution in [0.5, 0.6) is 0 Å². The van der Waals surface area contributed by atoms with Crippen molar-refractivity contribution in [2.24, 2.45) is 5.92 Å². The predicted octanol–water partition coefficient (Wildman–Crippen LogP) is 2.96. The first-order valence-electron chi connectivity index (χ1n) is 6.42. The molecule has 1 aromatic rings. The molecule has 1 fully saturated rings. The molecule has 0 aliphatic heterocycles. The Morgan fingerprint density at radius 2 is 2.00 bits per heavy atom. The molecule has 2 nitrogen and oxygen atoms in total. The van der Waals surface area contributed by atoms with Crippen molar-refractivity contribution in [3.8, 4) is 0 Å². The summed E-state index contributed by atoms with van der Waals surface area (Å²) in [6.07, 6.45) is 6.58. The molecule has 0 saturated heterocycles. The molecule has 1 aromatic carbocycles. The lowest BCUT2D eigenvalue weighted by Crippen LogP contribution is -2.07. The van der Waals surface area contributed by atoms with E-state index in [1.165, 1.54) is 0 Å². The molecule has 0 unspecified atom stereocenters. The van der Waals surface area contributed by atoms with Crippen molar-refractivity contribution in [2.75, 3.05) is 0 Å². The van der Waals surface area contributed by atoms with Gasteiger partial charge in [-0.15, -0.1) is 0 Å². The van der Waals surface area contributed by atoms with Crippen LogP contribution in [0.15, 0.2) is 36.4 Å². The van der Waals surface area contributed by atoms with Gasteiger partial charge in [0.25, 0.3) is 0 Å². The molecule has 0 heterocycles. The maximum Gasteiger partial charge on any atom is 0.0761 e. The minimum Gasteiger partial charge on any atom is -0.393 e. The lowest BCUT2D eigenvalue weighted by atomic mass is 10.0. The first kappa shape index (κ1) is 13.6. The Bertz CT molecular complexity index is 399. The van der Waals surface area contributed by atoms with Crippen LogP contribution in [0.4, 0.5) is 0 Å². The Morgan fingerprint density at radius 1 is 1.28 bits per heavy atom. The molecule has 0 amide bonds. The van der Waals surface area contributed by atoms with Crippen molar-refractivity contribution < 1.29 is 10.2 Å². The number of hydrogen-bond donors (Lipinski definition) is 2. The second-order valence-corrected chi connectivity index (χ2v) is 5.45. The van der Waals surface area contributed by atoms with Crippen LogP contribution in [-0.4, -0.2) is 22.4 Å². The lowest BCUT2D eigenvalue weighted by molar-refractivity contribution is 0.180. The van der Waals surface area contributed by atoms with Crippen molar-refractivity contribution in [2.45, 2.75) is 37.9 Å². The summed E-state index contributed by atoms with van der Waals surface area (Å²) in [5.74, 6) is 0.417. The van der Waals surface area contributed by atoms with Crippen LogP contribution in [0.25, 0.3) is 0 Å². The monoisotopic (exact) mass is 266 g/mol. The molecular weight excluding hydrogens is 248 g/mol. The smallest absolute Gasteiger partial charge is 0.0761 e. The van der Waals surface area contributed by atoms with Gasteiger partial charge in [-0.25, -0.2) is 0 Å². The average Bonchev–Trinajstić information content (AvgIpc) is 2.76. The van der Waals surface area contributed by atoms with Crippen LogP contribution in [0.2, 0.25) is 5.02 Å². The van der Waals surface area contributed by atoms with Gasteiger partial charge in [0, 0.05) is 11.4 Å². The third-order valence-corrected chi connectivity index (χ3v) is 3.66. The van der Waals surface area contributed by atoms with Crippen LogP contribution in [0.1, 0.15) is 24.8 Å². The SMILES string of the molecule is O[C@H]1CC[C@H](/C=C/[C@@H](O)Cc2ccc(Cl)cc2)C1. The summed E-state index contributed by atoms with van der Waals surface area (Å²) in [6.45, 7) is 0. The van der Waals surface area contributed by atoms with Gasteiger partial charge in [-0.2, -0.15) is 0 Å². The summed E-state index contributed by atoms with van der Waals surface area (Å²) in [7, 11) is 0. The van der Waals surface area contributed by atoms with Crippen LogP contribution in [0.3, 0.4) is 0 Å². The topological polar surface area (TPSA) is 40.5 Å². The molecule has 3 atom stereocenters. The molecule has 1 saturated carbocycles. The van der Waals surface area contributed by atoms with E-state index in [0.29, 0.717) is 17.4 Å². The van der Waals surface area contributed by atoms with E-state index < -0.39 is 6.10 Å². The first-order chi connectivity index (χ1) is 8.63. The van der Waals surface area contributed by atoms with E-state index in [1.54, 1.807) is 0 Å². The Hall–Kier alpha value is -0.830. The van der Waals surface area contributed by atoms with E-state index in [1.807, 2.05) is 36.4 Å². The zero-order valence-corrected chi connectivity index (χ0v) is 11.1. The summed E-state index contributed by atoms with van der Waals surface area (Å²) in [6, 6.07) is 7.53. The number of aliphatic hydroxyl groups excluding tert-OH is 2. The third-order valence-electron chi connectivity index (χ3n) is 3.41. The van der Waals surface area contributed by atoms with Gasteiger partial charge in [0.2, 0.25) is 0 Å². The molecular formula is C15H19ClO2. The number of hydrogen-bond acceptors (Lipinski definition) is 2. The number of allylic oxidation sites excluding steroid dienone is 1. The number of benzene rings is 1. The second-order valence-electron chi connectivity index (χ2n) is 5.01. The zero-order chi connectivity index (χ0) is 13.0. The van der Waals surface area contributed by atoms with Crippen molar-refractivity contribution in [3.63, 3.8) is 0 Å². The summed E-state index contributed by atoms with van der Waals surface area (Å²) < 4.78 is 0. The molecule has 0 aromatic heterocycles. The second kappa shape index (κ2) is 6.37. The predicted molar refractivity (Wildman–Crippen MR) is 73.7 cm³/mol. The van der Waals surface area contributed by atoms with Crippen molar-refractivity contribution in [1.29, 1.82) is 0 Å². The van der Waals surface area contributed by atoms with Gasteiger partial charge in [-0.3, -0.25) is 0 Å². The fraction of sp³-hybridized carbons (Fsp3) is 0.467. The number of aliphatic hydroxyl groups is 2. The summed E-state index contributed by atoms with van der Waals surface area (Å²) in [4.78, 5) is 0. The highest BCUT2D eigenvalue weighted by molar-refractivity contribution is 6.30. The maximum absolute atomic E-state index is 9.92. The molecule has 1 aliphatic rings. The molecule has 0 spiro atoms. The Labute approximate surface area is 113 Å². The van der Waals surface area contributed by atoms with Crippen LogP contribution < -0.4 is 0 Å². The highest BCUT2D eigenvalue weighted by Gasteiger charge is 2.20. The molecule has 2 rings (SSSR count). The van der Waals surface area contributed by atoms with Gasteiger partial charge in [0.1, 0.15) is 0 Å². The van der Waals surface area contributed by atoms with Crippen LogP contribution in [-0.2, 0) is 6.42 Å². The fourth-order valence-electron chi connectivity index (χ4n) is 2.38. The molecule has 3 heteroatoms. The highest BCUT2D eigenvalue weighted by Crippen LogP contribution is 2.26. The van der Waals surface area contributed by atoms with Gasteiger partial charge < -0.3 is 10.2 Å². The molecule has 2 N–H and O–H groups in total. The molecule has 1 aliphatic carbocycles. The van der Waals surface area contributed by atoms with Gasteiger partial charge in [0.05, 0.1) is 12.2 Å². The Kier molecular flexibility index (Phi) is 4.81. The minimum absolute atomic E-state index is 0.159.